The molecule has 0 saturated carbocycles. The predicted octanol–water partition coefficient (Wildman–Crippen LogP) is 4.96. The van der Waals surface area contributed by atoms with Crippen LogP contribution in [0.25, 0.3) is 22.8 Å². The average Bonchev–Trinajstić information content (AvgIpc) is 3.16. The second-order valence-corrected chi connectivity index (χ2v) is 6.70. The maximum Gasteiger partial charge on any atom is 0.0907 e. The first-order chi connectivity index (χ1) is 12.5. The zero-order valence-electron chi connectivity index (χ0n) is 15.6. The minimum atomic E-state index is 0.875. The predicted molar refractivity (Wildman–Crippen MR) is 105 cm³/mol. The van der Waals surface area contributed by atoms with E-state index in [0.717, 1.165) is 22.8 Å². The molecular formula is C22H22N4. The lowest BCUT2D eigenvalue weighted by Crippen LogP contribution is -2.01. The van der Waals surface area contributed by atoms with E-state index in [-0.39, 0.29) is 0 Å². The Balaban J connectivity index is 1.72. The van der Waals surface area contributed by atoms with Crippen LogP contribution >= 0.6 is 0 Å². The zero-order valence-corrected chi connectivity index (χ0v) is 15.6. The Morgan fingerprint density at radius 1 is 0.577 bits per heavy atom. The second kappa shape index (κ2) is 6.30. The summed E-state index contributed by atoms with van der Waals surface area (Å²) >= 11 is 0. The fourth-order valence-corrected chi connectivity index (χ4v) is 3.52. The second-order valence-electron chi connectivity index (χ2n) is 6.70. The molecule has 0 amide bonds. The summed E-state index contributed by atoms with van der Waals surface area (Å²) in [6.07, 6.45) is 3.76. The molecule has 0 aliphatic carbocycles. The zero-order chi connectivity index (χ0) is 18.3. The third-order valence-electron chi connectivity index (χ3n) is 4.81. The smallest absolute Gasteiger partial charge is 0.0907 e. The lowest BCUT2D eigenvalue weighted by atomic mass is 10.2. The molecule has 4 aromatic rings. The maximum atomic E-state index is 4.66. The Bertz CT molecular complexity index is 1030. The van der Waals surface area contributed by atoms with Gasteiger partial charge < -0.3 is 9.13 Å². The van der Waals surface area contributed by atoms with Crippen LogP contribution in [0.2, 0.25) is 0 Å². The molecule has 0 atom stereocenters. The Kier molecular flexibility index (Phi) is 3.96. The fourth-order valence-electron chi connectivity index (χ4n) is 3.52. The summed E-state index contributed by atoms with van der Waals surface area (Å²) in [5.41, 5.74) is 8.76. The first-order valence-electron chi connectivity index (χ1n) is 8.78. The highest BCUT2D eigenvalue weighted by Gasteiger charge is 2.09. The van der Waals surface area contributed by atoms with Crippen molar-refractivity contribution in [3.63, 3.8) is 0 Å². The summed E-state index contributed by atoms with van der Waals surface area (Å²) in [4.78, 5) is 9.19. The van der Waals surface area contributed by atoms with Crippen LogP contribution in [0.15, 0.2) is 60.9 Å². The maximum absolute atomic E-state index is 4.66. The third kappa shape index (κ3) is 2.73. The van der Waals surface area contributed by atoms with Crippen molar-refractivity contribution in [1.29, 1.82) is 0 Å². The highest BCUT2D eigenvalue weighted by atomic mass is 15.0. The molecule has 0 bridgehead atoms. The van der Waals surface area contributed by atoms with Crippen LogP contribution in [-0.2, 0) is 0 Å². The Morgan fingerprint density at radius 2 is 1.15 bits per heavy atom. The van der Waals surface area contributed by atoms with Crippen molar-refractivity contribution in [3.05, 3.63) is 83.7 Å². The molecule has 0 aliphatic rings. The number of nitrogens with zero attached hydrogens (tertiary/aromatic N) is 4. The van der Waals surface area contributed by atoms with Crippen LogP contribution in [-0.4, -0.2) is 19.1 Å². The van der Waals surface area contributed by atoms with Gasteiger partial charge in [-0.05, 0) is 76.2 Å². The Hall–Kier alpha value is -3.14. The van der Waals surface area contributed by atoms with Gasteiger partial charge in [0.15, 0.2) is 0 Å². The molecular weight excluding hydrogens is 320 g/mol. The van der Waals surface area contributed by atoms with Gasteiger partial charge in [0.05, 0.1) is 23.3 Å². The SMILES string of the molecule is Cc1ccc(C)n1-c1ccc(-c2cc(-n3c(C)ccc3C)ccn2)nc1. The van der Waals surface area contributed by atoms with Crippen LogP contribution in [0.5, 0.6) is 0 Å². The molecule has 26 heavy (non-hydrogen) atoms. The van der Waals surface area contributed by atoms with Gasteiger partial charge in [0.25, 0.3) is 0 Å². The van der Waals surface area contributed by atoms with Gasteiger partial charge in [-0.3, -0.25) is 9.97 Å². The topological polar surface area (TPSA) is 35.6 Å². The average molecular weight is 342 g/mol. The van der Waals surface area contributed by atoms with E-state index in [1.54, 1.807) is 0 Å². The highest BCUT2D eigenvalue weighted by Crippen LogP contribution is 2.23. The molecule has 0 spiro atoms. The lowest BCUT2D eigenvalue weighted by Gasteiger charge is -2.12. The Labute approximate surface area is 153 Å². The Morgan fingerprint density at radius 3 is 1.69 bits per heavy atom. The van der Waals surface area contributed by atoms with Crippen molar-refractivity contribution in [3.8, 4) is 22.8 Å². The quantitative estimate of drug-likeness (QED) is 0.527. The van der Waals surface area contributed by atoms with Crippen molar-refractivity contribution in [1.82, 2.24) is 19.1 Å². The van der Waals surface area contributed by atoms with E-state index in [1.807, 2.05) is 24.5 Å². The molecule has 0 fully saturated rings. The van der Waals surface area contributed by atoms with Gasteiger partial charge in [-0.15, -0.1) is 0 Å². The van der Waals surface area contributed by atoms with E-state index in [9.17, 15) is 0 Å². The molecule has 4 heteroatoms. The van der Waals surface area contributed by atoms with E-state index in [4.69, 9.17) is 0 Å². The van der Waals surface area contributed by atoms with E-state index >= 15 is 0 Å². The van der Waals surface area contributed by atoms with Crippen molar-refractivity contribution in [2.75, 3.05) is 0 Å². The number of hydrogen-bond donors (Lipinski definition) is 0. The molecule has 4 heterocycles. The van der Waals surface area contributed by atoms with Crippen molar-refractivity contribution in [2.24, 2.45) is 0 Å². The van der Waals surface area contributed by atoms with Crippen LogP contribution in [0, 0.1) is 27.7 Å². The van der Waals surface area contributed by atoms with Gasteiger partial charge >= 0.3 is 0 Å². The molecule has 0 aliphatic heterocycles. The van der Waals surface area contributed by atoms with Gasteiger partial charge in [-0.1, -0.05) is 0 Å². The summed E-state index contributed by atoms with van der Waals surface area (Å²) in [7, 11) is 0. The van der Waals surface area contributed by atoms with Crippen LogP contribution in [0.3, 0.4) is 0 Å². The van der Waals surface area contributed by atoms with E-state index in [1.165, 1.54) is 22.8 Å². The van der Waals surface area contributed by atoms with Crippen LogP contribution < -0.4 is 0 Å². The first-order valence-corrected chi connectivity index (χ1v) is 8.78. The largest absolute Gasteiger partial charge is 0.318 e. The monoisotopic (exact) mass is 342 g/mol. The van der Waals surface area contributed by atoms with E-state index < -0.39 is 0 Å². The van der Waals surface area contributed by atoms with Gasteiger partial charge in [0, 0.05) is 34.7 Å². The minimum Gasteiger partial charge on any atom is -0.318 e. The number of hydrogen-bond acceptors (Lipinski definition) is 2. The van der Waals surface area contributed by atoms with Gasteiger partial charge in [0.1, 0.15) is 0 Å². The summed E-state index contributed by atoms with van der Waals surface area (Å²) < 4.78 is 4.43. The molecule has 4 rings (SSSR count). The summed E-state index contributed by atoms with van der Waals surface area (Å²) in [6.45, 7) is 8.44. The summed E-state index contributed by atoms with van der Waals surface area (Å²) in [6, 6.07) is 16.8. The number of rotatable bonds is 3. The van der Waals surface area contributed by atoms with Crippen molar-refractivity contribution in [2.45, 2.75) is 27.7 Å². The molecule has 0 unspecified atom stereocenters. The highest BCUT2D eigenvalue weighted by molar-refractivity contribution is 5.59. The van der Waals surface area contributed by atoms with Gasteiger partial charge in [-0.25, -0.2) is 0 Å². The molecule has 0 saturated heterocycles. The number of pyridine rings is 2. The normalized spacial score (nSPS) is 11.1. The summed E-state index contributed by atoms with van der Waals surface area (Å²) in [5, 5.41) is 0. The summed E-state index contributed by atoms with van der Waals surface area (Å²) in [5.74, 6) is 0. The van der Waals surface area contributed by atoms with Crippen molar-refractivity contribution < 1.29 is 0 Å². The molecule has 130 valence electrons. The van der Waals surface area contributed by atoms with E-state index in [0.29, 0.717) is 0 Å². The minimum absolute atomic E-state index is 0.875. The molecule has 4 aromatic heterocycles. The first kappa shape index (κ1) is 16.3. The molecule has 4 nitrogen and oxygen atoms in total. The van der Waals surface area contributed by atoms with Crippen molar-refractivity contribution >= 4 is 0 Å². The van der Waals surface area contributed by atoms with Gasteiger partial charge in [0.2, 0.25) is 0 Å². The van der Waals surface area contributed by atoms with Crippen LogP contribution in [0.1, 0.15) is 22.8 Å². The lowest BCUT2D eigenvalue weighted by molar-refractivity contribution is 0.954. The molecule has 0 N–H and O–H groups in total. The van der Waals surface area contributed by atoms with E-state index in [2.05, 4.69) is 83.2 Å². The third-order valence-corrected chi connectivity index (χ3v) is 4.81. The number of aryl methyl sites for hydroxylation is 4. The molecule has 0 radical (unpaired) electrons. The van der Waals surface area contributed by atoms with Gasteiger partial charge in [-0.2, -0.15) is 0 Å². The number of aromatic nitrogens is 4. The molecule has 0 aromatic carbocycles. The standard InChI is InChI=1S/C22H22N4/c1-15-5-6-16(2)25(15)19-11-12-23-22(13-19)21-10-9-20(14-24-21)26-17(3)7-8-18(26)4/h5-14H,1-4H3. The van der Waals surface area contributed by atoms with Crippen LogP contribution in [0.4, 0.5) is 0 Å². The fraction of sp³-hybridized carbons (Fsp3) is 0.182.